The van der Waals surface area contributed by atoms with Crippen molar-refractivity contribution in [1.82, 2.24) is 4.90 Å². The average molecular weight is 247 g/mol. The second kappa shape index (κ2) is 9.39. The molecule has 0 aromatic heterocycles. The number of amides is 1. The summed E-state index contributed by atoms with van der Waals surface area (Å²) in [6.45, 7) is 7.46. The molecule has 0 aromatic carbocycles. The highest BCUT2D eigenvalue weighted by Crippen LogP contribution is 2.02. The zero-order valence-electron chi connectivity index (χ0n) is 11.6. The standard InChI is InChI=1S/C12H25NO4/c1-10(2)17-9-12(14)13(6-7-15-4)11(3)8-16-5/h10-11H,6-9H2,1-5H3. The first kappa shape index (κ1) is 16.4. The zero-order chi connectivity index (χ0) is 13.3. The highest BCUT2D eigenvalue weighted by atomic mass is 16.5. The third kappa shape index (κ3) is 7.31. The number of hydrogen-bond donors (Lipinski definition) is 0. The van der Waals surface area contributed by atoms with E-state index in [9.17, 15) is 4.79 Å². The summed E-state index contributed by atoms with van der Waals surface area (Å²) in [5.74, 6) is -0.0275. The third-order valence-electron chi connectivity index (χ3n) is 2.34. The van der Waals surface area contributed by atoms with E-state index in [1.54, 1.807) is 19.1 Å². The lowest BCUT2D eigenvalue weighted by atomic mass is 10.3. The first-order valence-corrected chi connectivity index (χ1v) is 5.91. The molecule has 0 aliphatic heterocycles. The van der Waals surface area contributed by atoms with Crippen LogP contribution in [0.4, 0.5) is 0 Å². The molecule has 0 heterocycles. The van der Waals surface area contributed by atoms with Gasteiger partial charge in [-0.05, 0) is 20.8 Å². The summed E-state index contributed by atoms with van der Waals surface area (Å²) in [5, 5.41) is 0. The first-order valence-electron chi connectivity index (χ1n) is 5.91. The first-order chi connectivity index (χ1) is 8.02. The number of ether oxygens (including phenoxy) is 3. The fourth-order valence-electron chi connectivity index (χ4n) is 1.43. The van der Waals surface area contributed by atoms with E-state index in [1.165, 1.54) is 0 Å². The van der Waals surface area contributed by atoms with Gasteiger partial charge in [0.05, 0.1) is 25.4 Å². The molecule has 0 radical (unpaired) electrons. The van der Waals surface area contributed by atoms with Crippen LogP contribution in [0.25, 0.3) is 0 Å². The van der Waals surface area contributed by atoms with Crippen LogP contribution in [0.2, 0.25) is 0 Å². The Morgan fingerprint density at radius 1 is 1.18 bits per heavy atom. The maximum atomic E-state index is 12.0. The molecule has 5 heteroatoms. The van der Waals surface area contributed by atoms with Crippen LogP contribution in [0.3, 0.4) is 0 Å². The molecule has 0 aliphatic carbocycles. The van der Waals surface area contributed by atoms with E-state index in [-0.39, 0.29) is 24.7 Å². The minimum Gasteiger partial charge on any atom is -0.383 e. The van der Waals surface area contributed by atoms with Crippen molar-refractivity contribution in [3.05, 3.63) is 0 Å². The van der Waals surface area contributed by atoms with Crippen LogP contribution in [-0.2, 0) is 19.0 Å². The van der Waals surface area contributed by atoms with Gasteiger partial charge in [0.15, 0.2) is 0 Å². The number of methoxy groups -OCH3 is 2. The van der Waals surface area contributed by atoms with Gasteiger partial charge in [-0.15, -0.1) is 0 Å². The second-order valence-corrected chi connectivity index (χ2v) is 4.24. The fraction of sp³-hybridized carbons (Fsp3) is 0.917. The van der Waals surface area contributed by atoms with Gasteiger partial charge < -0.3 is 19.1 Å². The van der Waals surface area contributed by atoms with Crippen LogP contribution in [0.15, 0.2) is 0 Å². The fourth-order valence-corrected chi connectivity index (χ4v) is 1.43. The molecule has 5 nitrogen and oxygen atoms in total. The van der Waals surface area contributed by atoms with Gasteiger partial charge in [-0.3, -0.25) is 4.79 Å². The SMILES string of the molecule is COCCN(C(=O)COC(C)C)C(C)COC. The van der Waals surface area contributed by atoms with Gasteiger partial charge in [0, 0.05) is 20.8 Å². The quantitative estimate of drug-likeness (QED) is 0.608. The predicted molar refractivity (Wildman–Crippen MR) is 66.0 cm³/mol. The number of nitrogens with zero attached hydrogens (tertiary/aromatic N) is 1. The number of carbonyl (C=O) groups excluding carboxylic acids is 1. The Bertz CT molecular complexity index is 209. The van der Waals surface area contributed by atoms with Gasteiger partial charge in [-0.25, -0.2) is 0 Å². The Labute approximate surface area is 104 Å². The molecule has 0 saturated carbocycles. The molecule has 0 rings (SSSR count). The summed E-state index contributed by atoms with van der Waals surface area (Å²) in [7, 11) is 3.24. The Morgan fingerprint density at radius 3 is 2.29 bits per heavy atom. The van der Waals surface area contributed by atoms with E-state index in [0.29, 0.717) is 19.8 Å². The maximum absolute atomic E-state index is 12.0. The van der Waals surface area contributed by atoms with Crippen molar-refractivity contribution in [3.8, 4) is 0 Å². The van der Waals surface area contributed by atoms with Crippen LogP contribution in [-0.4, -0.2) is 63.5 Å². The number of rotatable bonds is 9. The van der Waals surface area contributed by atoms with Crippen LogP contribution < -0.4 is 0 Å². The lowest BCUT2D eigenvalue weighted by molar-refractivity contribution is -0.141. The van der Waals surface area contributed by atoms with Crippen molar-refractivity contribution in [3.63, 3.8) is 0 Å². The van der Waals surface area contributed by atoms with Crippen molar-refractivity contribution in [2.45, 2.75) is 32.9 Å². The van der Waals surface area contributed by atoms with E-state index in [1.807, 2.05) is 20.8 Å². The maximum Gasteiger partial charge on any atom is 0.248 e. The molecule has 1 amide bonds. The molecule has 0 aliphatic rings. The topological polar surface area (TPSA) is 48.0 Å². The van der Waals surface area contributed by atoms with Gasteiger partial charge in [0.1, 0.15) is 6.61 Å². The van der Waals surface area contributed by atoms with Crippen LogP contribution >= 0.6 is 0 Å². The molecule has 0 bridgehead atoms. The molecule has 0 aromatic rings. The van der Waals surface area contributed by atoms with E-state index in [0.717, 1.165) is 0 Å². The summed E-state index contributed by atoms with van der Waals surface area (Å²) in [4.78, 5) is 13.7. The average Bonchev–Trinajstić information content (AvgIpc) is 2.27. The largest absolute Gasteiger partial charge is 0.383 e. The molecule has 0 saturated heterocycles. The van der Waals surface area contributed by atoms with Gasteiger partial charge in [-0.1, -0.05) is 0 Å². The summed E-state index contributed by atoms with van der Waals surface area (Å²) in [5.41, 5.74) is 0. The molecule has 0 N–H and O–H groups in total. The van der Waals surface area contributed by atoms with Gasteiger partial charge in [0.2, 0.25) is 5.91 Å². The molecule has 1 atom stereocenters. The second-order valence-electron chi connectivity index (χ2n) is 4.24. The minimum atomic E-state index is -0.0275. The minimum absolute atomic E-state index is 0.0263. The van der Waals surface area contributed by atoms with Crippen molar-refractivity contribution in [2.75, 3.05) is 40.6 Å². The lowest BCUT2D eigenvalue weighted by Gasteiger charge is -2.28. The molecular formula is C12H25NO4. The lowest BCUT2D eigenvalue weighted by Crippen LogP contribution is -2.45. The number of carbonyl (C=O) groups is 1. The van der Waals surface area contributed by atoms with Crippen LogP contribution in [0, 0.1) is 0 Å². The van der Waals surface area contributed by atoms with E-state index < -0.39 is 0 Å². The Kier molecular flexibility index (Phi) is 9.03. The number of hydrogen-bond acceptors (Lipinski definition) is 4. The summed E-state index contributed by atoms with van der Waals surface area (Å²) < 4.78 is 15.4. The molecule has 1 unspecified atom stereocenters. The summed E-state index contributed by atoms with van der Waals surface area (Å²) in [6, 6.07) is 0.0263. The normalized spacial score (nSPS) is 12.8. The molecule has 102 valence electrons. The molecule has 0 fully saturated rings. The van der Waals surface area contributed by atoms with Crippen molar-refractivity contribution in [2.24, 2.45) is 0 Å². The third-order valence-corrected chi connectivity index (χ3v) is 2.34. The van der Waals surface area contributed by atoms with Gasteiger partial charge in [0.25, 0.3) is 0 Å². The highest BCUT2D eigenvalue weighted by molar-refractivity contribution is 5.77. The van der Waals surface area contributed by atoms with Gasteiger partial charge >= 0.3 is 0 Å². The Balaban J connectivity index is 4.28. The zero-order valence-corrected chi connectivity index (χ0v) is 11.6. The molecular weight excluding hydrogens is 222 g/mol. The predicted octanol–water partition coefficient (Wildman–Crippen LogP) is 0.921. The summed E-state index contributed by atoms with van der Waals surface area (Å²) >= 11 is 0. The van der Waals surface area contributed by atoms with Crippen molar-refractivity contribution >= 4 is 5.91 Å². The van der Waals surface area contributed by atoms with E-state index >= 15 is 0 Å². The monoisotopic (exact) mass is 247 g/mol. The Morgan fingerprint density at radius 2 is 1.82 bits per heavy atom. The molecule has 17 heavy (non-hydrogen) atoms. The van der Waals surface area contributed by atoms with E-state index in [4.69, 9.17) is 14.2 Å². The summed E-state index contributed by atoms with van der Waals surface area (Å²) in [6.07, 6.45) is 0.0564. The van der Waals surface area contributed by atoms with Crippen LogP contribution in [0.5, 0.6) is 0 Å². The highest BCUT2D eigenvalue weighted by Gasteiger charge is 2.20. The van der Waals surface area contributed by atoms with Crippen molar-refractivity contribution < 1.29 is 19.0 Å². The van der Waals surface area contributed by atoms with Gasteiger partial charge in [-0.2, -0.15) is 0 Å². The molecule has 0 spiro atoms. The van der Waals surface area contributed by atoms with E-state index in [2.05, 4.69) is 0 Å². The smallest absolute Gasteiger partial charge is 0.248 e. The Hall–Kier alpha value is -0.650. The van der Waals surface area contributed by atoms with Crippen molar-refractivity contribution in [1.29, 1.82) is 0 Å². The van der Waals surface area contributed by atoms with Crippen LogP contribution in [0.1, 0.15) is 20.8 Å².